The van der Waals surface area contributed by atoms with E-state index >= 15 is 0 Å². The van der Waals surface area contributed by atoms with Crippen molar-refractivity contribution >= 4 is 28.3 Å². The van der Waals surface area contributed by atoms with E-state index in [0.717, 1.165) is 53.5 Å². The van der Waals surface area contributed by atoms with Gasteiger partial charge in [-0.3, -0.25) is 9.59 Å². The minimum Gasteiger partial charge on any atom is -0.481 e. The number of carbonyl (C=O) groups is 2. The molecule has 4 rings (SSSR count). The molecule has 0 bridgehead atoms. The van der Waals surface area contributed by atoms with Crippen LogP contribution in [0, 0.1) is 0 Å². The highest BCUT2D eigenvalue weighted by atomic mass is 16.5. The van der Waals surface area contributed by atoms with Crippen LogP contribution in [0.3, 0.4) is 0 Å². The van der Waals surface area contributed by atoms with E-state index in [4.69, 9.17) is 4.74 Å². The van der Waals surface area contributed by atoms with Crippen molar-refractivity contribution in [2.24, 2.45) is 0 Å². The number of hydrogen-bond donors (Lipinski definition) is 1. The maximum atomic E-state index is 12.4. The molecule has 1 aromatic carbocycles. The van der Waals surface area contributed by atoms with Gasteiger partial charge in [0.2, 0.25) is 0 Å². The third-order valence-corrected chi connectivity index (χ3v) is 4.85. The highest BCUT2D eigenvalue weighted by Gasteiger charge is 2.27. The highest BCUT2D eigenvalue weighted by Crippen LogP contribution is 2.38. The van der Waals surface area contributed by atoms with Gasteiger partial charge in [0.25, 0.3) is 5.91 Å². The summed E-state index contributed by atoms with van der Waals surface area (Å²) >= 11 is 0. The topological polar surface area (TPSA) is 62.4 Å². The lowest BCUT2D eigenvalue weighted by molar-refractivity contribution is -0.121. The number of nitrogens with one attached hydrogen (secondary N) is 1. The number of ketones is 1. The second-order valence-electron chi connectivity index (χ2n) is 6.25. The van der Waals surface area contributed by atoms with E-state index in [9.17, 15) is 9.59 Å². The molecule has 0 fully saturated rings. The Morgan fingerprint density at radius 3 is 2.83 bits per heavy atom. The number of amides is 1. The van der Waals surface area contributed by atoms with Crippen LogP contribution < -0.4 is 9.64 Å². The standard InChI is InChI=1S/C18H20N2O3/c1-2-20-14-8-12-11-6-4-3-5-7-15(21)18(11)19-13(12)9-16(14)23-10-17(20)22/h8-9,19H,2-7,10H2,1H3. The molecular formula is C18H20N2O3. The Morgan fingerprint density at radius 1 is 1.17 bits per heavy atom. The molecule has 2 aromatic rings. The van der Waals surface area contributed by atoms with Gasteiger partial charge in [-0.1, -0.05) is 6.42 Å². The van der Waals surface area contributed by atoms with E-state index in [1.165, 1.54) is 0 Å². The largest absolute Gasteiger partial charge is 0.481 e. The average Bonchev–Trinajstić information content (AvgIpc) is 2.88. The molecule has 1 aliphatic carbocycles. The summed E-state index contributed by atoms with van der Waals surface area (Å²) in [6.45, 7) is 2.65. The first kappa shape index (κ1) is 14.3. The summed E-state index contributed by atoms with van der Waals surface area (Å²) < 4.78 is 5.59. The second kappa shape index (κ2) is 5.41. The number of rotatable bonds is 1. The summed E-state index contributed by atoms with van der Waals surface area (Å²) in [5, 5.41) is 1.05. The molecule has 5 nitrogen and oxygen atoms in total. The van der Waals surface area contributed by atoms with Gasteiger partial charge in [-0.25, -0.2) is 0 Å². The summed E-state index contributed by atoms with van der Waals surface area (Å²) in [7, 11) is 0. The molecule has 0 spiro atoms. The number of aromatic nitrogens is 1. The summed E-state index contributed by atoms with van der Waals surface area (Å²) in [4.78, 5) is 29.5. The van der Waals surface area contributed by atoms with Crippen molar-refractivity contribution < 1.29 is 14.3 Å². The normalized spacial score (nSPS) is 18.2. The first-order chi connectivity index (χ1) is 11.2. The lowest BCUT2D eigenvalue weighted by atomic mass is 9.95. The van der Waals surface area contributed by atoms with Crippen molar-refractivity contribution in [3.8, 4) is 5.75 Å². The lowest BCUT2D eigenvalue weighted by Gasteiger charge is -2.28. The number of likely N-dealkylation sites (N-methyl/N-ethyl adjacent to an activating group) is 1. The van der Waals surface area contributed by atoms with Gasteiger partial charge < -0.3 is 14.6 Å². The number of benzene rings is 1. The van der Waals surface area contributed by atoms with E-state index in [-0.39, 0.29) is 18.3 Å². The average molecular weight is 312 g/mol. The Kier molecular flexibility index (Phi) is 3.36. The number of hydrogen-bond acceptors (Lipinski definition) is 3. The predicted molar refractivity (Wildman–Crippen MR) is 88.3 cm³/mol. The van der Waals surface area contributed by atoms with Crippen LogP contribution in [0.25, 0.3) is 10.9 Å². The summed E-state index contributed by atoms with van der Waals surface area (Å²) in [6.07, 6.45) is 4.66. The monoisotopic (exact) mass is 312 g/mol. The molecule has 2 heterocycles. The SMILES string of the molecule is CCN1C(=O)COc2cc3[nH]c4c(c3cc21)CCCCCC4=O. The van der Waals surface area contributed by atoms with Crippen LogP contribution in [0.4, 0.5) is 5.69 Å². The first-order valence-corrected chi connectivity index (χ1v) is 8.34. The van der Waals surface area contributed by atoms with Gasteiger partial charge in [0.15, 0.2) is 12.4 Å². The molecule has 0 radical (unpaired) electrons. The molecule has 120 valence electrons. The predicted octanol–water partition coefficient (Wildman–Crippen LogP) is 3.21. The first-order valence-electron chi connectivity index (χ1n) is 8.34. The minimum atomic E-state index is -0.0196. The molecule has 2 aliphatic rings. The number of carbonyl (C=O) groups excluding carboxylic acids is 2. The van der Waals surface area contributed by atoms with Crippen LogP contribution in [-0.2, 0) is 11.2 Å². The van der Waals surface area contributed by atoms with Crippen molar-refractivity contribution in [1.82, 2.24) is 4.98 Å². The number of nitrogens with zero attached hydrogens (tertiary/aromatic N) is 1. The van der Waals surface area contributed by atoms with Crippen LogP contribution in [-0.4, -0.2) is 29.8 Å². The van der Waals surface area contributed by atoms with Crippen LogP contribution in [0.5, 0.6) is 5.75 Å². The maximum absolute atomic E-state index is 12.4. The third kappa shape index (κ3) is 2.22. The molecule has 0 saturated heterocycles. The van der Waals surface area contributed by atoms with E-state index in [0.29, 0.717) is 18.7 Å². The van der Waals surface area contributed by atoms with Crippen LogP contribution >= 0.6 is 0 Å². The zero-order chi connectivity index (χ0) is 16.0. The number of anilines is 1. The summed E-state index contributed by atoms with van der Waals surface area (Å²) in [5.41, 5.74) is 3.58. The van der Waals surface area contributed by atoms with Crippen molar-refractivity contribution in [3.63, 3.8) is 0 Å². The number of aromatic amines is 1. The quantitative estimate of drug-likeness (QED) is 0.879. The molecule has 23 heavy (non-hydrogen) atoms. The number of aryl methyl sites for hydroxylation is 1. The van der Waals surface area contributed by atoms with Gasteiger partial charge in [-0.05, 0) is 37.8 Å². The number of H-pyrrole nitrogens is 1. The Morgan fingerprint density at radius 2 is 2.00 bits per heavy atom. The molecule has 0 unspecified atom stereocenters. The van der Waals surface area contributed by atoms with E-state index in [1.54, 1.807) is 4.90 Å². The Hall–Kier alpha value is -2.30. The van der Waals surface area contributed by atoms with Crippen molar-refractivity contribution in [1.29, 1.82) is 0 Å². The fourth-order valence-corrected chi connectivity index (χ4v) is 3.68. The molecule has 1 N–H and O–H groups in total. The Labute approximate surface area is 134 Å². The Bertz CT molecular complexity index is 806. The van der Waals surface area contributed by atoms with E-state index in [2.05, 4.69) is 4.98 Å². The number of Topliss-reactive ketones (excluding diaryl/α,β-unsaturated/α-hetero) is 1. The third-order valence-electron chi connectivity index (χ3n) is 4.85. The summed E-state index contributed by atoms with van der Waals surface area (Å²) in [5.74, 6) is 0.882. The fourth-order valence-electron chi connectivity index (χ4n) is 3.68. The zero-order valence-electron chi connectivity index (χ0n) is 13.3. The fraction of sp³-hybridized carbons (Fsp3) is 0.444. The lowest BCUT2D eigenvalue weighted by Crippen LogP contribution is -2.38. The number of fused-ring (bicyclic) bond motifs is 4. The number of ether oxygens (including phenoxy) is 1. The minimum absolute atomic E-state index is 0.0196. The van der Waals surface area contributed by atoms with Gasteiger partial charge in [-0.2, -0.15) is 0 Å². The molecule has 0 saturated carbocycles. The van der Waals surface area contributed by atoms with Crippen molar-refractivity contribution in [3.05, 3.63) is 23.4 Å². The van der Waals surface area contributed by atoms with Gasteiger partial charge >= 0.3 is 0 Å². The van der Waals surface area contributed by atoms with Crippen molar-refractivity contribution in [2.45, 2.75) is 39.0 Å². The Balaban J connectivity index is 1.92. The molecule has 0 atom stereocenters. The van der Waals surface area contributed by atoms with Gasteiger partial charge in [0, 0.05) is 24.4 Å². The molecule has 5 heteroatoms. The van der Waals surface area contributed by atoms with Crippen LogP contribution in [0.1, 0.15) is 48.7 Å². The van der Waals surface area contributed by atoms with Gasteiger partial charge in [-0.15, -0.1) is 0 Å². The van der Waals surface area contributed by atoms with E-state index < -0.39 is 0 Å². The highest BCUT2D eigenvalue weighted by molar-refractivity contribution is 6.06. The molecule has 1 aliphatic heterocycles. The maximum Gasteiger partial charge on any atom is 0.265 e. The molecule has 1 amide bonds. The smallest absolute Gasteiger partial charge is 0.265 e. The van der Waals surface area contributed by atoms with Gasteiger partial charge in [0.05, 0.1) is 16.9 Å². The summed E-state index contributed by atoms with van der Waals surface area (Å²) in [6, 6.07) is 3.94. The van der Waals surface area contributed by atoms with Crippen LogP contribution in [0.15, 0.2) is 12.1 Å². The van der Waals surface area contributed by atoms with E-state index in [1.807, 2.05) is 19.1 Å². The van der Waals surface area contributed by atoms with Crippen molar-refractivity contribution in [2.75, 3.05) is 18.1 Å². The van der Waals surface area contributed by atoms with Crippen LogP contribution in [0.2, 0.25) is 0 Å². The zero-order valence-corrected chi connectivity index (χ0v) is 13.3. The molecular weight excluding hydrogens is 292 g/mol. The second-order valence-corrected chi connectivity index (χ2v) is 6.25. The molecule has 1 aromatic heterocycles. The van der Waals surface area contributed by atoms with Gasteiger partial charge in [0.1, 0.15) is 5.75 Å².